The number of aromatic nitrogens is 2. The molecule has 7 rings (SSSR count). The van der Waals surface area contributed by atoms with Crippen molar-refractivity contribution in [2.45, 2.75) is 16.3 Å². The van der Waals surface area contributed by atoms with Crippen molar-refractivity contribution < 1.29 is 21.8 Å². The molecule has 1 aromatic heterocycles. The van der Waals surface area contributed by atoms with E-state index in [2.05, 4.69) is 48.0 Å². The van der Waals surface area contributed by atoms with Gasteiger partial charge in [-0.15, -0.1) is 0 Å². The predicted molar refractivity (Wildman–Crippen MR) is 215 cm³/mol. The van der Waals surface area contributed by atoms with E-state index in [4.69, 9.17) is 11.6 Å². The van der Waals surface area contributed by atoms with Crippen LogP contribution in [-0.4, -0.2) is 75.1 Å². The van der Waals surface area contributed by atoms with E-state index in [0.717, 1.165) is 50.0 Å². The van der Waals surface area contributed by atoms with Crippen molar-refractivity contribution in [3.05, 3.63) is 142 Å². The number of sulfonamides is 1. The molecule has 2 heterocycles. The standard InChI is InChI=1S/C39H36ClN7O6S2/c40-30-12-10-28(11-13-30)34-9-5-4-6-29(34)26-45-19-21-46(22-20-45)31-14-16-35-37(24-31)42-27-43-39(35)44-55(52,53)33-15-17-36(38(25-33)47(48)49)41-18-23-54(50,51)32-7-2-1-3-8-32/h1-17,24-25,27,41H,18-23,26H2,(H,42,43,44). The molecule has 0 aliphatic carbocycles. The Morgan fingerprint density at radius 1 is 0.782 bits per heavy atom. The van der Waals surface area contributed by atoms with Gasteiger partial charge in [0.05, 0.1) is 26.0 Å². The van der Waals surface area contributed by atoms with Gasteiger partial charge in [-0.05, 0) is 71.3 Å². The fraction of sp³-hybridized carbons (Fsp3) is 0.179. The third-order valence-corrected chi connectivity index (χ3v) is 12.7. The molecular formula is C39H36ClN7O6S2. The number of nitrogens with one attached hydrogen (secondary N) is 2. The fourth-order valence-electron chi connectivity index (χ4n) is 6.53. The molecule has 13 nitrogen and oxygen atoms in total. The van der Waals surface area contributed by atoms with Gasteiger partial charge in [0, 0.05) is 61.4 Å². The van der Waals surface area contributed by atoms with Gasteiger partial charge in [-0.25, -0.2) is 26.8 Å². The Kier molecular flexibility index (Phi) is 11.0. The van der Waals surface area contributed by atoms with Crippen molar-refractivity contribution in [2.75, 3.05) is 53.4 Å². The fourth-order valence-corrected chi connectivity index (χ4v) is 8.88. The highest BCUT2D eigenvalue weighted by atomic mass is 35.5. The van der Waals surface area contributed by atoms with Crippen LogP contribution in [0.2, 0.25) is 5.02 Å². The number of nitro benzene ring substituents is 1. The number of fused-ring (bicyclic) bond motifs is 1. The molecule has 0 unspecified atom stereocenters. The lowest BCUT2D eigenvalue weighted by molar-refractivity contribution is -0.384. The third-order valence-electron chi connectivity index (χ3n) is 9.42. The normalized spacial score (nSPS) is 13.8. The number of sulfone groups is 1. The molecule has 0 amide bonds. The summed E-state index contributed by atoms with van der Waals surface area (Å²) in [5.41, 5.74) is 4.47. The smallest absolute Gasteiger partial charge is 0.293 e. The van der Waals surface area contributed by atoms with Gasteiger partial charge < -0.3 is 10.2 Å². The Hall–Kier alpha value is -5.61. The van der Waals surface area contributed by atoms with Gasteiger partial charge in [0.15, 0.2) is 15.7 Å². The number of hydrogen-bond acceptors (Lipinski definition) is 11. The zero-order chi connectivity index (χ0) is 38.6. The summed E-state index contributed by atoms with van der Waals surface area (Å²) in [5.74, 6) is -0.299. The summed E-state index contributed by atoms with van der Waals surface area (Å²) in [5, 5.41) is 15.9. The molecule has 6 aromatic rings. The quantitative estimate of drug-likeness (QED) is 0.0925. The maximum Gasteiger partial charge on any atom is 0.293 e. The summed E-state index contributed by atoms with van der Waals surface area (Å²) < 4.78 is 54.8. The van der Waals surface area contributed by atoms with Gasteiger partial charge in [-0.1, -0.05) is 66.2 Å². The van der Waals surface area contributed by atoms with Crippen LogP contribution in [0.5, 0.6) is 0 Å². The molecule has 0 bridgehead atoms. The molecule has 16 heteroatoms. The van der Waals surface area contributed by atoms with Gasteiger partial charge in [0.1, 0.15) is 12.0 Å². The molecule has 1 saturated heterocycles. The summed E-state index contributed by atoms with van der Waals surface area (Å²) in [6.45, 7) is 3.93. The monoisotopic (exact) mass is 797 g/mol. The van der Waals surface area contributed by atoms with E-state index in [1.807, 2.05) is 42.5 Å². The van der Waals surface area contributed by atoms with Crippen LogP contribution in [0.4, 0.5) is 22.9 Å². The number of anilines is 3. The highest BCUT2D eigenvalue weighted by molar-refractivity contribution is 7.92. The predicted octanol–water partition coefficient (Wildman–Crippen LogP) is 6.87. The lowest BCUT2D eigenvalue weighted by atomic mass is 9.99. The van der Waals surface area contributed by atoms with Crippen LogP contribution in [0.15, 0.2) is 131 Å². The summed E-state index contributed by atoms with van der Waals surface area (Å²) in [6.07, 6.45) is 1.26. The van der Waals surface area contributed by atoms with E-state index in [1.165, 1.54) is 41.7 Å². The lowest BCUT2D eigenvalue weighted by Gasteiger charge is -2.36. The molecule has 1 fully saturated rings. The SMILES string of the molecule is O=[N+]([O-])c1cc(S(=O)(=O)Nc2ncnc3cc(N4CCN(Cc5ccccc5-c5ccc(Cl)cc5)CC4)ccc23)ccc1NCCS(=O)(=O)c1ccccc1. The second kappa shape index (κ2) is 16.0. The number of nitrogens with zero attached hydrogens (tertiary/aromatic N) is 5. The molecular weight excluding hydrogens is 762 g/mol. The third kappa shape index (κ3) is 8.70. The minimum Gasteiger partial charge on any atom is -0.378 e. The van der Waals surface area contributed by atoms with Crippen LogP contribution < -0.4 is 14.9 Å². The van der Waals surface area contributed by atoms with Crippen molar-refractivity contribution in [3.63, 3.8) is 0 Å². The minimum absolute atomic E-state index is 0.0178. The van der Waals surface area contributed by atoms with E-state index in [0.29, 0.717) is 15.9 Å². The molecule has 0 saturated carbocycles. The summed E-state index contributed by atoms with van der Waals surface area (Å²) in [4.78, 5) is 24.3. The van der Waals surface area contributed by atoms with Crippen LogP contribution in [0.1, 0.15) is 5.56 Å². The molecule has 1 aliphatic heterocycles. The maximum atomic E-state index is 13.5. The minimum atomic E-state index is -4.33. The topological polar surface area (TPSA) is 168 Å². The summed E-state index contributed by atoms with van der Waals surface area (Å²) >= 11 is 6.12. The molecule has 0 atom stereocenters. The van der Waals surface area contributed by atoms with Gasteiger partial charge in [0.25, 0.3) is 15.7 Å². The van der Waals surface area contributed by atoms with Gasteiger partial charge in [-0.2, -0.15) is 0 Å². The zero-order valence-electron chi connectivity index (χ0n) is 29.4. The molecule has 5 aromatic carbocycles. The Balaban J connectivity index is 1.01. The molecule has 55 heavy (non-hydrogen) atoms. The maximum absolute atomic E-state index is 13.5. The molecule has 2 N–H and O–H groups in total. The average molecular weight is 798 g/mol. The van der Waals surface area contributed by atoms with E-state index in [-0.39, 0.29) is 33.6 Å². The second-order valence-electron chi connectivity index (χ2n) is 13.0. The first-order valence-electron chi connectivity index (χ1n) is 17.4. The first-order chi connectivity index (χ1) is 26.5. The van der Waals surface area contributed by atoms with E-state index in [1.54, 1.807) is 24.3 Å². The first-order valence-corrected chi connectivity index (χ1v) is 20.9. The van der Waals surface area contributed by atoms with Gasteiger partial charge in [-0.3, -0.25) is 19.7 Å². The Morgan fingerprint density at radius 3 is 2.25 bits per heavy atom. The molecule has 0 radical (unpaired) electrons. The highest BCUT2D eigenvalue weighted by Gasteiger charge is 2.24. The Bertz CT molecular complexity index is 2570. The van der Waals surface area contributed by atoms with E-state index < -0.39 is 30.5 Å². The Morgan fingerprint density at radius 2 is 1.51 bits per heavy atom. The number of nitro groups is 1. The zero-order valence-corrected chi connectivity index (χ0v) is 31.8. The van der Waals surface area contributed by atoms with Crippen LogP contribution in [0.3, 0.4) is 0 Å². The summed E-state index contributed by atoms with van der Waals surface area (Å²) in [6, 6.07) is 33.0. The molecule has 0 spiro atoms. The van der Waals surface area contributed by atoms with Gasteiger partial charge >= 0.3 is 0 Å². The van der Waals surface area contributed by atoms with Crippen molar-refractivity contribution in [1.29, 1.82) is 0 Å². The lowest BCUT2D eigenvalue weighted by Crippen LogP contribution is -2.46. The highest BCUT2D eigenvalue weighted by Crippen LogP contribution is 2.32. The average Bonchev–Trinajstić information content (AvgIpc) is 3.19. The van der Waals surface area contributed by atoms with Crippen molar-refractivity contribution in [3.8, 4) is 11.1 Å². The van der Waals surface area contributed by atoms with Crippen LogP contribution >= 0.6 is 11.6 Å². The van der Waals surface area contributed by atoms with Crippen LogP contribution in [0, 0.1) is 10.1 Å². The second-order valence-corrected chi connectivity index (χ2v) is 17.2. The largest absolute Gasteiger partial charge is 0.378 e. The number of piperazine rings is 1. The van der Waals surface area contributed by atoms with Gasteiger partial charge in [0.2, 0.25) is 0 Å². The molecule has 1 aliphatic rings. The van der Waals surface area contributed by atoms with E-state index in [9.17, 15) is 26.9 Å². The van der Waals surface area contributed by atoms with Crippen LogP contribution in [-0.2, 0) is 26.4 Å². The van der Waals surface area contributed by atoms with Crippen molar-refractivity contribution in [1.82, 2.24) is 14.9 Å². The number of hydrogen-bond donors (Lipinski definition) is 2. The number of benzene rings is 5. The van der Waals surface area contributed by atoms with Crippen molar-refractivity contribution >= 4 is 65.2 Å². The summed E-state index contributed by atoms with van der Waals surface area (Å²) in [7, 11) is -7.97. The van der Waals surface area contributed by atoms with Crippen molar-refractivity contribution in [2.24, 2.45) is 0 Å². The number of halogens is 1. The van der Waals surface area contributed by atoms with E-state index >= 15 is 0 Å². The number of rotatable bonds is 13. The van der Waals surface area contributed by atoms with Crippen LogP contribution in [0.25, 0.3) is 22.0 Å². The molecule has 282 valence electrons. The first kappa shape index (κ1) is 37.7. The Labute approximate surface area is 323 Å².